The van der Waals surface area contributed by atoms with Gasteiger partial charge in [0.2, 0.25) is 0 Å². The number of hydrogen-bond acceptors (Lipinski definition) is 2. The number of benzene rings is 1. The maximum Gasteiger partial charge on any atom is 0.166 e. The highest BCUT2D eigenvalue weighted by Crippen LogP contribution is 2.48. The predicted octanol–water partition coefficient (Wildman–Crippen LogP) is 2.42. The summed E-state index contributed by atoms with van der Waals surface area (Å²) >= 11 is 3.24. The molecule has 2 unspecified atom stereocenters. The molecule has 0 aliphatic carbocycles. The summed E-state index contributed by atoms with van der Waals surface area (Å²) in [5.74, 6) is 0.0280. The van der Waals surface area contributed by atoms with Crippen molar-refractivity contribution in [2.45, 2.75) is 12.2 Å². The second kappa shape index (κ2) is 2.45. The molecule has 0 aromatic heterocycles. The van der Waals surface area contributed by atoms with Crippen LogP contribution in [0.3, 0.4) is 0 Å². The lowest BCUT2D eigenvalue weighted by Gasteiger charge is -2.14. The minimum atomic E-state index is -0.321. The molecule has 0 bridgehead atoms. The monoisotopic (exact) mass is 244 g/mol. The fourth-order valence-corrected chi connectivity index (χ4v) is 2.10. The second-order valence-corrected chi connectivity index (χ2v) is 4.13. The van der Waals surface area contributed by atoms with Crippen LogP contribution >= 0.6 is 15.9 Å². The van der Waals surface area contributed by atoms with E-state index in [1.165, 1.54) is 6.07 Å². The second-order valence-electron chi connectivity index (χ2n) is 3.21. The highest BCUT2D eigenvalue weighted by atomic mass is 79.9. The molecule has 2 heterocycles. The zero-order chi connectivity index (χ0) is 9.00. The lowest BCUT2D eigenvalue weighted by molar-refractivity contribution is 0.258. The molecule has 13 heavy (non-hydrogen) atoms. The topological polar surface area (TPSA) is 21.8 Å². The Balaban J connectivity index is 2.19. The standard InChI is InChI=1S/C9H6BrFO2/c10-4-1-5-8(6(11)2-4)12-3-7-9(5)13-7/h1-2,7,9H,3H2. The van der Waals surface area contributed by atoms with Gasteiger partial charge in [0, 0.05) is 10.0 Å². The third kappa shape index (κ3) is 1.09. The van der Waals surface area contributed by atoms with Crippen LogP contribution < -0.4 is 4.74 Å². The van der Waals surface area contributed by atoms with E-state index in [1.54, 1.807) is 0 Å². The summed E-state index contributed by atoms with van der Waals surface area (Å²) in [5, 5.41) is 0. The van der Waals surface area contributed by atoms with Crippen molar-refractivity contribution < 1.29 is 13.9 Å². The van der Waals surface area contributed by atoms with Crippen LogP contribution in [0, 0.1) is 5.82 Å². The van der Waals surface area contributed by atoms with Crippen LogP contribution in [-0.2, 0) is 4.74 Å². The number of rotatable bonds is 0. The maximum absolute atomic E-state index is 13.3. The van der Waals surface area contributed by atoms with Gasteiger partial charge in [-0.25, -0.2) is 4.39 Å². The Kier molecular flexibility index (Phi) is 1.46. The Morgan fingerprint density at radius 3 is 3.15 bits per heavy atom. The highest BCUT2D eigenvalue weighted by Gasteiger charge is 2.46. The zero-order valence-corrected chi connectivity index (χ0v) is 8.17. The molecule has 4 heteroatoms. The van der Waals surface area contributed by atoms with Crippen molar-refractivity contribution in [3.63, 3.8) is 0 Å². The molecule has 1 saturated heterocycles. The van der Waals surface area contributed by atoms with Crippen molar-refractivity contribution in [2.75, 3.05) is 6.61 Å². The van der Waals surface area contributed by atoms with Gasteiger partial charge in [0.1, 0.15) is 18.8 Å². The first kappa shape index (κ1) is 7.76. The number of halogens is 2. The fourth-order valence-electron chi connectivity index (χ4n) is 1.65. The average Bonchev–Trinajstić information content (AvgIpc) is 2.82. The Morgan fingerprint density at radius 1 is 1.46 bits per heavy atom. The molecule has 1 aromatic rings. The van der Waals surface area contributed by atoms with E-state index in [1.807, 2.05) is 6.07 Å². The molecule has 2 nitrogen and oxygen atoms in total. The molecular formula is C9H6BrFO2. The summed E-state index contributed by atoms with van der Waals surface area (Å²) in [6.45, 7) is 0.468. The molecule has 2 atom stereocenters. The lowest BCUT2D eigenvalue weighted by atomic mass is 10.1. The molecule has 2 aliphatic rings. The molecule has 0 spiro atoms. The number of hydrogen-bond donors (Lipinski definition) is 0. The Hall–Kier alpha value is -0.610. The third-order valence-electron chi connectivity index (χ3n) is 2.32. The van der Waals surface area contributed by atoms with Crippen LogP contribution in [0.2, 0.25) is 0 Å². The van der Waals surface area contributed by atoms with Crippen molar-refractivity contribution in [1.82, 2.24) is 0 Å². The quantitative estimate of drug-likeness (QED) is 0.654. The van der Waals surface area contributed by atoms with Gasteiger partial charge in [-0.05, 0) is 12.1 Å². The molecule has 0 saturated carbocycles. The van der Waals surface area contributed by atoms with Gasteiger partial charge >= 0.3 is 0 Å². The minimum absolute atomic E-state index is 0.0516. The lowest BCUT2D eigenvalue weighted by Crippen LogP contribution is -2.13. The van der Waals surface area contributed by atoms with Crippen molar-refractivity contribution in [1.29, 1.82) is 0 Å². The fraction of sp³-hybridized carbons (Fsp3) is 0.333. The van der Waals surface area contributed by atoms with Crippen LogP contribution in [0.1, 0.15) is 11.7 Å². The van der Waals surface area contributed by atoms with Crippen LogP contribution in [0.15, 0.2) is 16.6 Å². The summed E-state index contributed by atoms with van der Waals surface area (Å²) in [5.41, 5.74) is 0.822. The Morgan fingerprint density at radius 2 is 2.31 bits per heavy atom. The van der Waals surface area contributed by atoms with E-state index in [0.29, 0.717) is 12.4 Å². The van der Waals surface area contributed by atoms with E-state index in [4.69, 9.17) is 9.47 Å². The van der Waals surface area contributed by atoms with E-state index in [2.05, 4.69) is 15.9 Å². The smallest absolute Gasteiger partial charge is 0.166 e. The first-order chi connectivity index (χ1) is 6.25. The largest absolute Gasteiger partial charge is 0.487 e. The van der Waals surface area contributed by atoms with Gasteiger partial charge in [-0.3, -0.25) is 0 Å². The van der Waals surface area contributed by atoms with Crippen molar-refractivity contribution in [3.8, 4) is 5.75 Å². The molecule has 68 valence electrons. The van der Waals surface area contributed by atoms with E-state index in [-0.39, 0.29) is 18.0 Å². The van der Waals surface area contributed by atoms with Crippen molar-refractivity contribution in [3.05, 3.63) is 28.0 Å². The summed E-state index contributed by atoms with van der Waals surface area (Å²) < 4.78 is 24.6. The normalized spacial score (nSPS) is 28.8. The van der Waals surface area contributed by atoms with E-state index >= 15 is 0 Å². The van der Waals surface area contributed by atoms with Gasteiger partial charge in [0.15, 0.2) is 11.6 Å². The molecule has 1 fully saturated rings. The van der Waals surface area contributed by atoms with Gasteiger partial charge < -0.3 is 9.47 Å². The molecular weight excluding hydrogens is 239 g/mol. The zero-order valence-electron chi connectivity index (χ0n) is 6.59. The predicted molar refractivity (Wildman–Crippen MR) is 47.2 cm³/mol. The third-order valence-corrected chi connectivity index (χ3v) is 2.78. The van der Waals surface area contributed by atoms with Gasteiger partial charge in [-0.15, -0.1) is 0 Å². The number of fused-ring (bicyclic) bond motifs is 3. The number of ether oxygens (including phenoxy) is 2. The Labute approximate surface area is 82.8 Å². The molecule has 0 amide bonds. The molecule has 0 N–H and O–H groups in total. The first-order valence-corrected chi connectivity index (χ1v) is 4.82. The van der Waals surface area contributed by atoms with Crippen LogP contribution in [0.4, 0.5) is 4.39 Å². The first-order valence-electron chi connectivity index (χ1n) is 4.03. The molecule has 2 aliphatic heterocycles. The minimum Gasteiger partial charge on any atom is -0.487 e. The average molecular weight is 245 g/mol. The SMILES string of the molecule is Fc1cc(Br)cc2c1OCC1OC21. The van der Waals surface area contributed by atoms with E-state index in [9.17, 15) is 4.39 Å². The maximum atomic E-state index is 13.3. The van der Waals surface area contributed by atoms with Crippen LogP contribution in [-0.4, -0.2) is 12.7 Å². The van der Waals surface area contributed by atoms with Gasteiger partial charge in [-0.1, -0.05) is 15.9 Å². The van der Waals surface area contributed by atoms with Gasteiger partial charge in [0.25, 0.3) is 0 Å². The number of epoxide rings is 1. The van der Waals surface area contributed by atoms with Crippen LogP contribution in [0.25, 0.3) is 0 Å². The van der Waals surface area contributed by atoms with Gasteiger partial charge in [0.05, 0.1) is 0 Å². The van der Waals surface area contributed by atoms with E-state index in [0.717, 1.165) is 10.0 Å². The summed E-state index contributed by atoms with van der Waals surface area (Å²) in [7, 11) is 0. The highest BCUT2D eigenvalue weighted by molar-refractivity contribution is 9.10. The van der Waals surface area contributed by atoms with Crippen molar-refractivity contribution in [2.24, 2.45) is 0 Å². The summed E-state index contributed by atoms with van der Waals surface area (Å²) in [6, 6.07) is 3.25. The Bertz CT molecular complexity index is 380. The molecule has 3 rings (SSSR count). The summed E-state index contributed by atoms with van der Waals surface area (Å²) in [4.78, 5) is 0. The van der Waals surface area contributed by atoms with Crippen LogP contribution in [0.5, 0.6) is 5.75 Å². The van der Waals surface area contributed by atoms with Gasteiger partial charge in [-0.2, -0.15) is 0 Å². The molecule has 1 aromatic carbocycles. The van der Waals surface area contributed by atoms with Crippen molar-refractivity contribution >= 4 is 15.9 Å². The molecule has 0 radical (unpaired) electrons. The summed E-state index contributed by atoms with van der Waals surface area (Å²) in [6.07, 6.45) is 0.192. The van der Waals surface area contributed by atoms with E-state index < -0.39 is 0 Å².